The Morgan fingerprint density at radius 1 is 1.25 bits per heavy atom. The van der Waals surface area contributed by atoms with E-state index >= 15 is 0 Å². The van der Waals surface area contributed by atoms with Crippen LogP contribution in [0.2, 0.25) is 0 Å². The Morgan fingerprint density at radius 3 is 2.44 bits per heavy atom. The summed E-state index contributed by atoms with van der Waals surface area (Å²) in [5.74, 6) is 0. The Labute approximate surface area is 94.3 Å². The van der Waals surface area contributed by atoms with Crippen LogP contribution in [0, 0.1) is 0 Å². The molecule has 1 unspecified atom stereocenters. The highest BCUT2D eigenvalue weighted by atomic mass is 19.3. The average molecular weight is 229 g/mol. The van der Waals surface area contributed by atoms with Gasteiger partial charge in [-0.05, 0) is 17.5 Å². The molecule has 0 aliphatic heterocycles. The summed E-state index contributed by atoms with van der Waals surface area (Å²) in [6.07, 6.45) is -3.36. The summed E-state index contributed by atoms with van der Waals surface area (Å²) in [6.45, 7) is 2.47. The first-order valence-corrected chi connectivity index (χ1v) is 5.38. The van der Waals surface area contributed by atoms with Gasteiger partial charge in [0.15, 0.2) is 0 Å². The van der Waals surface area contributed by atoms with E-state index in [0.29, 0.717) is 6.54 Å². The molecule has 0 saturated carbocycles. The highest BCUT2D eigenvalue weighted by Gasteiger charge is 2.15. The second-order valence-electron chi connectivity index (χ2n) is 3.65. The van der Waals surface area contributed by atoms with Crippen LogP contribution in [0.3, 0.4) is 0 Å². The molecule has 1 atom stereocenters. The van der Waals surface area contributed by atoms with Crippen LogP contribution in [0.1, 0.15) is 18.1 Å². The molecule has 0 saturated heterocycles. The van der Waals surface area contributed by atoms with Crippen LogP contribution < -0.4 is 5.32 Å². The number of halogens is 2. The zero-order valence-electron chi connectivity index (χ0n) is 9.29. The molecule has 90 valence electrons. The van der Waals surface area contributed by atoms with Gasteiger partial charge in [0.05, 0.1) is 0 Å². The molecule has 0 spiro atoms. The van der Waals surface area contributed by atoms with Crippen molar-refractivity contribution in [2.75, 3.05) is 6.54 Å². The molecule has 16 heavy (non-hydrogen) atoms. The molecule has 1 rings (SSSR count). The first-order chi connectivity index (χ1) is 7.65. The molecular weight excluding hydrogens is 212 g/mol. The predicted molar refractivity (Wildman–Crippen MR) is 59.5 cm³/mol. The Balaban J connectivity index is 2.42. The van der Waals surface area contributed by atoms with E-state index < -0.39 is 12.5 Å². The molecule has 0 bridgehead atoms. The van der Waals surface area contributed by atoms with Crippen LogP contribution in [-0.2, 0) is 13.0 Å². The SMILES string of the molecule is CCc1ccccc1CNCC(O)C(F)F. The van der Waals surface area contributed by atoms with Crippen molar-refractivity contribution in [3.05, 3.63) is 35.4 Å². The number of aliphatic hydroxyl groups excluding tert-OH is 1. The third kappa shape index (κ3) is 3.87. The van der Waals surface area contributed by atoms with E-state index in [1.807, 2.05) is 31.2 Å². The lowest BCUT2D eigenvalue weighted by molar-refractivity contribution is -0.00341. The third-order valence-corrected chi connectivity index (χ3v) is 2.46. The van der Waals surface area contributed by atoms with Crippen molar-refractivity contribution in [2.45, 2.75) is 32.4 Å². The second kappa shape index (κ2) is 6.55. The first-order valence-electron chi connectivity index (χ1n) is 5.38. The van der Waals surface area contributed by atoms with E-state index in [-0.39, 0.29) is 6.54 Å². The third-order valence-electron chi connectivity index (χ3n) is 2.46. The Bertz CT molecular complexity index is 318. The quantitative estimate of drug-likeness (QED) is 0.781. The van der Waals surface area contributed by atoms with Crippen LogP contribution in [-0.4, -0.2) is 24.2 Å². The topological polar surface area (TPSA) is 32.3 Å². The van der Waals surface area contributed by atoms with Crippen LogP contribution in [0.4, 0.5) is 8.78 Å². The van der Waals surface area contributed by atoms with Crippen molar-refractivity contribution in [3.8, 4) is 0 Å². The van der Waals surface area contributed by atoms with Gasteiger partial charge in [-0.15, -0.1) is 0 Å². The van der Waals surface area contributed by atoms with Gasteiger partial charge in [0.25, 0.3) is 6.43 Å². The fraction of sp³-hybridized carbons (Fsp3) is 0.500. The maximum Gasteiger partial charge on any atom is 0.265 e. The summed E-state index contributed by atoms with van der Waals surface area (Å²) in [6, 6.07) is 7.84. The minimum atomic E-state index is -2.69. The molecule has 4 heteroatoms. The lowest BCUT2D eigenvalue weighted by atomic mass is 10.1. The lowest BCUT2D eigenvalue weighted by Gasteiger charge is -2.12. The number of benzene rings is 1. The van der Waals surface area contributed by atoms with Gasteiger partial charge in [-0.25, -0.2) is 8.78 Å². The van der Waals surface area contributed by atoms with Crippen LogP contribution in [0.5, 0.6) is 0 Å². The Hall–Kier alpha value is -1.00. The summed E-state index contributed by atoms with van der Waals surface area (Å²) in [4.78, 5) is 0. The standard InChI is InChI=1S/C12H17F2NO/c1-2-9-5-3-4-6-10(9)7-15-8-11(16)12(13)14/h3-6,11-12,15-16H,2,7-8H2,1H3. The lowest BCUT2D eigenvalue weighted by Crippen LogP contribution is -2.31. The maximum absolute atomic E-state index is 12.0. The van der Waals surface area contributed by atoms with E-state index in [1.165, 1.54) is 5.56 Å². The van der Waals surface area contributed by atoms with Gasteiger partial charge in [0.2, 0.25) is 0 Å². The average Bonchev–Trinajstić information content (AvgIpc) is 2.29. The number of alkyl halides is 2. The number of aryl methyl sites for hydroxylation is 1. The molecular formula is C12H17F2NO. The minimum Gasteiger partial charge on any atom is -0.386 e. The van der Waals surface area contributed by atoms with E-state index in [0.717, 1.165) is 12.0 Å². The molecule has 0 fully saturated rings. The summed E-state index contributed by atoms with van der Waals surface area (Å²) in [5, 5.41) is 11.7. The molecule has 1 aromatic rings. The summed E-state index contributed by atoms with van der Waals surface area (Å²) < 4.78 is 24.0. The fourth-order valence-electron chi connectivity index (χ4n) is 1.52. The largest absolute Gasteiger partial charge is 0.386 e. The van der Waals surface area contributed by atoms with Crippen LogP contribution >= 0.6 is 0 Å². The van der Waals surface area contributed by atoms with E-state index in [9.17, 15) is 8.78 Å². The van der Waals surface area contributed by atoms with Crippen LogP contribution in [0.15, 0.2) is 24.3 Å². The summed E-state index contributed by atoms with van der Waals surface area (Å²) in [5.41, 5.74) is 2.29. The number of aliphatic hydroxyl groups is 1. The van der Waals surface area contributed by atoms with Crippen molar-refractivity contribution in [3.63, 3.8) is 0 Å². The van der Waals surface area contributed by atoms with Gasteiger partial charge >= 0.3 is 0 Å². The van der Waals surface area contributed by atoms with E-state index in [4.69, 9.17) is 5.11 Å². The maximum atomic E-state index is 12.0. The molecule has 0 radical (unpaired) electrons. The molecule has 0 heterocycles. The molecule has 1 aromatic carbocycles. The van der Waals surface area contributed by atoms with E-state index in [1.54, 1.807) is 0 Å². The minimum absolute atomic E-state index is 0.0876. The fourth-order valence-corrected chi connectivity index (χ4v) is 1.52. The van der Waals surface area contributed by atoms with Crippen molar-refractivity contribution in [2.24, 2.45) is 0 Å². The number of hydrogen-bond donors (Lipinski definition) is 2. The number of rotatable bonds is 6. The van der Waals surface area contributed by atoms with Gasteiger partial charge in [0, 0.05) is 13.1 Å². The molecule has 2 N–H and O–H groups in total. The van der Waals surface area contributed by atoms with Crippen LogP contribution in [0.25, 0.3) is 0 Å². The van der Waals surface area contributed by atoms with Crippen molar-refractivity contribution < 1.29 is 13.9 Å². The molecule has 0 aliphatic rings. The first kappa shape index (κ1) is 13.1. The van der Waals surface area contributed by atoms with E-state index in [2.05, 4.69) is 5.32 Å². The monoisotopic (exact) mass is 229 g/mol. The van der Waals surface area contributed by atoms with Gasteiger partial charge in [-0.2, -0.15) is 0 Å². The molecule has 0 aliphatic carbocycles. The van der Waals surface area contributed by atoms with Gasteiger partial charge < -0.3 is 10.4 Å². The number of nitrogens with one attached hydrogen (secondary N) is 1. The summed E-state index contributed by atoms with van der Waals surface area (Å²) >= 11 is 0. The molecule has 2 nitrogen and oxygen atoms in total. The molecule has 0 aromatic heterocycles. The predicted octanol–water partition coefficient (Wildman–Crippen LogP) is 1.96. The Kier molecular flexibility index (Phi) is 5.35. The summed E-state index contributed by atoms with van der Waals surface area (Å²) in [7, 11) is 0. The molecule has 0 amide bonds. The van der Waals surface area contributed by atoms with Gasteiger partial charge in [0.1, 0.15) is 6.10 Å². The van der Waals surface area contributed by atoms with Gasteiger partial charge in [-0.1, -0.05) is 31.2 Å². The van der Waals surface area contributed by atoms with Crippen molar-refractivity contribution in [1.29, 1.82) is 0 Å². The normalized spacial score (nSPS) is 13.1. The number of hydrogen-bond acceptors (Lipinski definition) is 2. The Morgan fingerprint density at radius 2 is 1.88 bits per heavy atom. The van der Waals surface area contributed by atoms with Gasteiger partial charge in [-0.3, -0.25) is 0 Å². The zero-order chi connectivity index (χ0) is 12.0. The second-order valence-corrected chi connectivity index (χ2v) is 3.65. The highest BCUT2D eigenvalue weighted by molar-refractivity contribution is 5.26. The smallest absolute Gasteiger partial charge is 0.265 e. The zero-order valence-corrected chi connectivity index (χ0v) is 9.29. The van der Waals surface area contributed by atoms with Crippen molar-refractivity contribution in [1.82, 2.24) is 5.32 Å². The van der Waals surface area contributed by atoms with Crippen molar-refractivity contribution >= 4 is 0 Å². The highest BCUT2D eigenvalue weighted by Crippen LogP contribution is 2.09.